The molecule has 2 unspecified atom stereocenters. The molecule has 1 aromatic heterocycles. The average molecular weight is 127 g/mol. The number of nitrogens with one attached hydrogen (secondary N) is 1. The van der Waals surface area contributed by atoms with E-state index >= 15 is 0 Å². The maximum absolute atomic E-state index is 5.34. The predicted octanol–water partition coefficient (Wildman–Crippen LogP) is 1.71. The van der Waals surface area contributed by atoms with Gasteiger partial charge in [0.1, 0.15) is 0 Å². The van der Waals surface area contributed by atoms with Crippen LogP contribution in [0.15, 0.2) is 0 Å². The van der Waals surface area contributed by atoms with E-state index in [-0.39, 0.29) is 0 Å². The van der Waals surface area contributed by atoms with Gasteiger partial charge in [0.05, 0.1) is 11.2 Å². The Balaban J connectivity index is 2.83. The Bertz CT molecular complexity index is 89.8. The van der Waals surface area contributed by atoms with Crippen LogP contribution in [0.3, 0.4) is 0 Å². The first kappa shape index (κ1) is 3.67. The summed E-state index contributed by atoms with van der Waals surface area (Å²) in [6.07, 6.45) is 0. The van der Waals surface area contributed by atoms with Crippen molar-refractivity contribution in [1.29, 1.82) is 0 Å². The highest BCUT2D eigenvalue weighted by atomic mass is 35.7. The minimum absolute atomic E-state index is 0.558. The Labute approximate surface area is 36.8 Å². The third-order valence-electron chi connectivity index (χ3n) is 0.280. The molecule has 0 saturated heterocycles. The van der Waals surface area contributed by atoms with Gasteiger partial charge in [-0.3, -0.25) is 0 Å². The van der Waals surface area contributed by atoms with Gasteiger partial charge in [0, 0.05) is 0 Å². The summed E-state index contributed by atoms with van der Waals surface area (Å²) in [6.45, 7) is 0. The first-order valence-electron chi connectivity index (χ1n) is 1.07. The second-order valence-corrected chi connectivity index (χ2v) is 3.98. The number of nitrogens with zero attached hydrogens (tertiary/aromatic N) is 1. The van der Waals surface area contributed by atoms with E-state index in [1.165, 1.54) is 0 Å². The molecule has 28 valence electrons. The second kappa shape index (κ2) is 1.30. The van der Waals surface area contributed by atoms with Crippen molar-refractivity contribution >= 4 is 27.0 Å². The third-order valence-corrected chi connectivity index (χ3v) is 3.96. The molecule has 1 heterocycles. The summed E-state index contributed by atoms with van der Waals surface area (Å²) in [5, 5.41) is 0. The first-order valence-corrected chi connectivity index (χ1v) is 4.21. The zero-order valence-electron chi connectivity index (χ0n) is 2.27. The third kappa shape index (κ3) is 0.661. The summed E-state index contributed by atoms with van der Waals surface area (Å²) in [5.74, 6) is 0. The van der Waals surface area contributed by atoms with Gasteiger partial charge < -0.3 is 0 Å². The molecule has 0 aliphatic rings. The number of rotatable bonds is 0. The van der Waals surface area contributed by atoms with Crippen LogP contribution in [0, 0.1) is 0 Å². The van der Waals surface area contributed by atoms with Gasteiger partial charge in [0.15, 0.2) is 8.51 Å². The molecule has 1 rings (SSSR count). The second-order valence-electron chi connectivity index (χ2n) is 0.584. The molecule has 0 saturated carbocycles. The molecule has 0 spiro atoms. The normalized spacial score (nSPS) is 14.2. The van der Waals surface area contributed by atoms with Gasteiger partial charge in [-0.05, 0) is 0 Å². The quantitative estimate of drug-likeness (QED) is 0.565. The average Bonchev–Trinajstić information content (AvgIpc) is 1.30. The fourth-order valence-electron chi connectivity index (χ4n) is 0.0878. The fourth-order valence-corrected chi connectivity index (χ4v) is 1.47. The van der Waals surface area contributed by atoms with E-state index in [4.69, 9.17) is 11.2 Å². The number of H-pyrrole nitrogens is 1. The zero-order valence-corrected chi connectivity index (χ0v) is 4.92. The fraction of sp³-hybridized carbons (Fsp3) is 0. The molecule has 2 atom stereocenters. The van der Waals surface area contributed by atoms with Crippen LogP contribution in [0.4, 0.5) is 0 Å². The summed E-state index contributed by atoms with van der Waals surface area (Å²) < 4.78 is 6.72. The van der Waals surface area contributed by atoms with Crippen molar-refractivity contribution in [2.45, 2.75) is 0 Å². The highest BCUT2D eigenvalue weighted by Crippen LogP contribution is 2.29. The molecule has 0 radical (unpaired) electrons. The van der Waals surface area contributed by atoms with Gasteiger partial charge in [0.25, 0.3) is 7.20 Å². The number of halogens is 1. The smallest absolute Gasteiger partial charge is 0.194 e. The summed E-state index contributed by atoms with van der Waals surface area (Å²) in [7, 11) is 0.0150. The van der Waals surface area contributed by atoms with Crippen molar-refractivity contribution < 1.29 is 0 Å². The molecule has 5 heteroatoms. The Morgan fingerprint density at radius 1 is 2.00 bits per heavy atom. The van der Waals surface area contributed by atoms with E-state index in [2.05, 4.69) is 9.02 Å². The molecule has 0 amide bonds. The number of hydrogen-bond donors (Lipinski definition) is 1. The Morgan fingerprint density at radius 3 is 2.40 bits per heavy atom. The van der Waals surface area contributed by atoms with Crippen molar-refractivity contribution in [3.05, 3.63) is 0 Å². The minimum atomic E-state index is -0.558. The van der Waals surface area contributed by atoms with E-state index in [1.54, 1.807) is 0 Å². The Morgan fingerprint density at radius 2 is 2.40 bits per heavy atom. The van der Waals surface area contributed by atoms with Crippen LogP contribution < -0.4 is 0 Å². The highest BCUT2D eigenvalue weighted by Gasteiger charge is 1.89. The lowest BCUT2D eigenvalue weighted by Gasteiger charge is -1.74. The number of aromatic nitrogens is 2. The van der Waals surface area contributed by atoms with Crippen molar-refractivity contribution in [1.82, 2.24) is 9.02 Å². The monoisotopic (exact) mass is 127 g/mol. The van der Waals surface area contributed by atoms with Crippen LogP contribution in [-0.2, 0) is 0 Å². The van der Waals surface area contributed by atoms with Gasteiger partial charge in [-0.15, -0.1) is 0 Å². The topological polar surface area (TPSA) is 28.7 Å². The van der Waals surface area contributed by atoms with Gasteiger partial charge in [-0.25, -0.2) is 0 Å². The molecular formula is H2ClN2P2+. The first-order chi connectivity index (χ1) is 2.39. The number of aromatic amines is 1. The zero-order chi connectivity index (χ0) is 3.70. The standard InChI is InChI=1S/ClH2N2P2/c1-5-2-4-3-5/h4H,(H,2,3)/q+1. The lowest BCUT2D eigenvalue weighted by molar-refractivity contribution is 1.68. The van der Waals surface area contributed by atoms with Gasteiger partial charge in [-0.1, -0.05) is 4.51 Å². The molecular weight excluding hydrogens is 125 g/mol. The molecule has 1 N–H and O–H groups in total. The molecule has 0 fully saturated rings. The van der Waals surface area contributed by atoms with E-state index < -0.39 is 7.20 Å². The lowest BCUT2D eigenvalue weighted by Crippen LogP contribution is -1.55. The van der Waals surface area contributed by atoms with E-state index in [9.17, 15) is 0 Å². The molecule has 0 bridgehead atoms. The van der Waals surface area contributed by atoms with Crippen molar-refractivity contribution in [2.24, 2.45) is 0 Å². The maximum Gasteiger partial charge on any atom is 0.274 e. The minimum Gasteiger partial charge on any atom is -0.194 e. The molecule has 0 aliphatic carbocycles. The Kier molecular flexibility index (Phi) is 0.954. The lowest BCUT2D eigenvalue weighted by atomic mass is 13.9. The summed E-state index contributed by atoms with van der Waals surface area (Å²) in [6, 6.07) is 0. The maximum atomic E-state index is 5.34. The van der Waals surface area contributed by atoms with Crippen LogP contribution in [0.1, 0.15) is 0 Å². The SMILES string of the molecule is Cl[p+]1n[pH][nH]1. The van der Waals surface area contributed by atoms with Gasteiger partial charge in [-0.2, -0.15) is 4.51 Å². The molecule has 2 nitrogen and oxygen atoms in total. The van der Waals surface area contributed by atoms with Crippen LogP contribution in [0.25, 0.3) is 0 Å². The summed E-state index contributed by atoms with van der Waals surface area (Å²) >= 11 is 5.34. The van der Waals surface area contributed by atoms with Gasteiger partial charge >= 0.3 is 0 Å². The highest BCUT2D eigenvalue weighted by molar-refractivity contribution is 7.77. The van der Waals surface area contributed by atoms with E-state index in [0.29, 0.717) is 8.51 Å². The predicted molar refractivity (Wildman–Crippen MR) is 26.5 cm³/mol. The van der Waals surface area contributed by atoms with Gasteiger partial charge in [0.2, 0.25) is 0 Å². The van der Waals surface area contributed by atoms with Crippen LogP contribution in [0.2, 0.25) is 0 Å². The van der Waals surface area contributed by atoms with E-state index in [1.807, 2.05) is 0 Å². The molecule has 0 aromatic carbocycles. The summed E-state index contributed by atoms with van der Waals surface area (Å²) in [5.41, 5.74) is 0. The van der Waals surface area contributed by atoms with Crippen molar-refractivity contribution in [3.63, 3.8) is 0 Å². The van der Waals surface area contributed by atoms with Crippen molar-refractivity contribution in [3.8, 4) is 0 Å². The number of hydrogen-bond acceptors (Lipinski definition) is 1. The Hall–Kier alpha value is 0.490. The van der Waals surface area contributed by atoms with Crippen LogP contribution in [0.5, 0.6) is 0 Å². The molecule has 0 aliphatic heterocycles. The van der Waals surface area contributed by atoms with Crippen LogP contribution >= 0.6 is 27.0 Å². The van der Waals surface area contributed by atoms with E-state index in [0.717, 1.165) is 0 Å². The van der Waals surface area contributed by atoms with Crippen molar-refractivity contribution in [2.75, 3.05) is 0 Å². The molecule has 1 aromatic rings. The van der Waals surface area contributed by atoms with Crippen LogP contribution in [-0.4, -0.2) is 9.02 Å². The molecule has 5 heavy (non-hydrogen) atoms. The largest absolute Gasteiger partial charge is 0.274 e. The summed E-state index contributed by atoms with van der Waals surface area (Å²) in [4.78, 5) is 0.